The Hall–Kier alpha value is -7.33. The molecule has 0 bridgehead atoms. The molecule has 27 heteroatoms. The molecule has 2 atom stereocenters. The van der Waals surface area contributed by atoms with Gasteiger partial charge in [0.1, 0.15) is 29.0 Å². The van der Waals surface area contributed by atoms with Crippen molar-refractivity contribution < 1.29 is 18.8 Å². The number of pyridine rings is 3. The van der Waals surface area contributed by atoms with Crippen LogP contribution in [0.5, 0.6) is 0 Å². The molecule has 0 radical (unpaired) electrons. The zero-order valence-corrected chi connectivity index (χ0v) is 60.8. The number of benzene rings is 3. The van der Waals surface area contributed by atoms with Gasteiger partial charge in [-0.2, -0.15) is 5.10 Å². The highest BCUT2D eigenvalue weighted by Crippen LogP contribution is 2.40. The van der Waals surface area contributed by atoms with E-state index < -0.39 is 0 Å². The summed E-state index contributed by atoms with van der Waals surface area (Å²) in [4.78, 5) is 43.5. The molecular formula is C70H70BBrCl3N15O4S3. The van der Waals surface area contributed by atoms with Crippen molar-refractivity contribution in [1.29, 1.82) is 0 Å². The quantitative estimate of drug-likeness (QED) is 0.100. The van der Waals surface area contributed by atoms with Crippen LogP contribution in [-0.4, -0.2) is 106 Å². The molecule has 3 aliphatic heterocycles. The van der Waals surface area contributed by atoms with Crippen LogP contribution in [0.4, 0.5) is 0 Å². The molecule has 1 N–H and O–H groups in total. The van der Waals surface area contributed by atoms with E-state index in [0.29, 0.717) is 30.9 Å². The summed E-state index contributed by atoms with van der Waals surface area (Å²) in [5.41, 5.74) is 11.8. The highest BCUT2D eigenvalue weighted by atomic mass is 79.9. The van der Waals surface area contributed by atoms with E-state index in [1.165, 1.54) is 6.33 Å². The van der Waals surface area contributed by atoms with Gasteiger partial charge in [-0.05, 0) is 198 Å². The van der Waals surface area contributed by atoms with Crippen LogP contribution in [0.3, 0.4) is 0 Å². The molecule has 9 aromatic heterocycles. The van der Waals surface area contributed by atoms with Gasteiger partial charge >= 0.3 is 7.12 Å². The van der Waals surface area contributed by atoms with Gasteiger partial charge in [-0.1, -0.05) is 71.2 Å². The number of thiazole rings is 3. The minimum atomic E-state index is -0.285. The summed E-state index contributed by atoms with van der Waals surface area (Å²) in [7, 11) is -0.285. The molecule has 0 spiro atoms. The van der Waals surface area contributed by atoms with Gasteiger partial charge in [0.15, 0.2) is 33.8 Å². The number of aromatic nitrogens is 15. The van der Waals surface area contributed by atoms with Crippen LogP contribution in [-0.2, 0) is 38.0 Å². The Bertz CT molecular complexity index is 4540. The number of aryl methyl sites for hydroxylation is 3. The molecule has 12 heterocycles. The van der Waals surface area contributed by atoms with Crippen molar-refractivity contribution in [2.45, 2.75) is 130 Å². The maximum Gasteiger partial charge on any atom is 0.494 e. The number of halogens is 4. The van der Waals surface area contributed by atoms with Gasteiger partial charge in [-0.25, -0.2) is 39.3 Å². The van der Waals surface area contributed by atoms with Crippen molar-refractivity contribution in [3.63, 3.8) is 0 Å². The molecule has 3 aliphatic rings. The lowest BCUT2D eigenvalue weighted by Gasteiger charge is -2.32. The molecule has 97 heavy (non-hydrogen) atoms. The highest BCUT2D eigenvalue weighted by Gasteiger charge is 2.51. The smallest absolute Gasteiger partial charge is 0.399 e. The number of nitrogens with one attached hydrogen (secondary N) is 1. The molecule has 3 saturated heterocycles. The fourth-order valence-electron chi connectivity index (χ4n) is 10.8. The average Bonchev–Trinajstić information content (AvgIpc) is 1.64. The van der Waals surface area contributed by atoms with Gasteiger partial charge in [0.25, 0.3) is 0 Å². The molecule has 3 fully saturated rings. The first kappa shape index (κ1) is 69.6. The lowest BCUT2D eigenvalue weighted by Crippen LogP contribution is -2.41. The molecule has 15 rings (SSSR count). The van der Waals surface area contributed by atoms with E-state index >= 15 is 0 Å². The predicted molar refractivity (Wildman–Crippen MR) is 389 cm³/mol. The fraction of sp³-hybridized carbons (Fsp3) is 0.314. The zero-order chi connectivity index (χ0) is 67.6. The van der Waals surface area contributed by atoms with E-state index in [4.69, 9.17) is 68.7 Å². The van der Waals surface area contributed by atoms with Crippen molar-refractivity contribution in [3.8, 4) is 53.2 Å². The van der Waals surface area contributed by atoms with Gasteiger partial charge in [0, 0.05) is 94.3 Å². The van der Waals surface area contributed by atoms with E-state index in [1.807, 2.05) is 139 Å². The largest absolute Gasteiger partial charge is 0.494 e. The van der Waals surface area contributed by atoms with Gasteiger partial charge in [0.05, 0.1) is 42.9 Å². The van der Waals surface area contributed by atoms with Crippen LogP contribution in [0.1, 0.15) is 130 Å². The van der Waals surface area contributed by atoms with Gasteiger partial charge in [-0.15, -0.1) is 44.2 Å². The van der Waals surface area contributed by atoms with Crippen LogP contribution in [0.25, 0.3) is 53.2 Å². The van der Waals surface area contributed by atoms with Gasteiger partial charge in [0.2, 0.25) is 0 Å². The summed E-state index contributed by atoms with van der Waals surface area (Å²) in [6, 6.07) is 35.5. The van der Waals surface area contributed by atoms with Crippen LogP contribution >= 0.6 is 84.7 Å². The van der Waals surface area contributed by atoms with Crippen LogP contribution < -0.4 is 5.46 Å². The maximum atomic E-state index is 6.06. The first-order chi connectivity index (χ1) is 46.8. The number of hydrogen-bond donors (Lipinski definition) is 1. The third kappa shape index (κ3) is 17.9. The number of nitrogens with zero attached hydrogens (tertiary/aromatic N) is 14. The first-order valence-electron chi connectivity index (χ1n) is 31.8. The van der Waals surface area contributed by atoms with Gasteiger partial charge in [-0.3, -0.25) is 20.1 Å². The summed E-state index contributed by atoms with van der Waals surface area (Å²) in [6.45, 7) is 15.7. The number of hydrogen-bond acceptors (Lipinski definition) is 19. The lowest BCUT2D eigenvalue weighted by molar-refractivity contribution is -0.0396. The minimum Gasteiger partial charge on any atom is -0.399 e. The van der Waals surface area contributed by atoms with Crippen molar-refractivity contribution in [1.82, 2.24) is 74.6 Å². The summed E-state index contributed by atoms with van der Waals surface area (Å²) < 4.78 is 28.1. The SMILES string of the molecule is Cc1cc(-c2nc(Cc3ccc(Cl)cc3)c(-c3ncn(C4CCCCO4)n3)s2)ccn1.Cc1cc(-c2nc(Cc3ccc(Cl)cc3)c(-c3ncn[nH]3)s2)ccn1.Cc1cc(B2OC(C)(C)C(C)(C)O2)ccn1.Clc1ccc(Cc2nc(Br)sc2-c2ncn(C3CCCCO3)n2)cc1. The van der Waals surface area contributed by atoms with Crippen LogP contribution in [0.15, 0.2) is 151 Å². The van der Waals surface area contributed by atoms with E-state index in [1.54, 1.807) is 59.1 Å². The first-order valence-corrected chi connectivity index (χ1v) is 36.2. The van der Waals surface area contributed by atoms with E-state index in [-0.39, 0.29) is 30.8 Å². The van der Waals surface area contributed by atoms with E-state index in [2.05, 4.69) is 99.9 Å². The topological polar surface area (TPSA) is 217 Å². The van der Waals surface area contributed by atoms with Crippen molar-refractivity contribution in [2.75, 3.05) is 13.2 Å². The third-order valence-corrected chi connectivity index (χ3v) is 21.2. The maximum absolute atomic E-state index is 6.06. The third-order valence-electron chi connectivity index (χ3n) is 16.6. The molecule has 0 saturated carbocycles. The normalized spacial score (nSPS) is 16.4. The van der Waals surface area contributed by atoms with Crippen LogP contribution in [0.2, 0.25) is 15.1 Å². The monoisotopic (exact) mass is 1480 g/mol. The Morgan fingerprint density at radius 2 is 0.959 bits per heavy atom. The Kier molecular flexibility index (Phi) is 22.7. The number of H-pyrrole nitrogens is 1. The molecule has 0 aliphatic carbocycles. The Morgan fingerprint density at radius 3 is 1.39 bits per heavy atom. The molecule has 3 aromatic carbocycles. The summed E-state index contributed by atoms with van der Waals surface area (Å²) >= 11 is 26.3. The second-order valence-electron chi connectivity index (χ2n) is 24.5. The summed E-state index contributed by atoms with van der Waals surface area (Å²) in [5, 5.41) is 20.4. The standard InChI is InChI=1S/C23H22ClN5OS.C18H14ClN5S.C17H16BrClN4OS.C12H18BNO2/c1-15-12-17(9-10-25-15)23-27-19(13-16-5-7-18(24)8-6-16)21(31-23)22-26-14-29(28-22)20-4-2-3-11-30-20;1-11-8-13(6-7-20-11)18-23-15(9-12-2-4-14(19)5-3-12)16(25-18)17-21-10-22-24-17;18-17-21-13(9-11-4-6-12(19)7-5-11)15(25-17)16-20-10-23(22-16)14-3-1-2-8-24-14;1-9-8-10(6-7-14-9)13-15-11(2,3)12(4,5)16-13/h5-10,12,14,20H,2-4,11,13H2,1H3;2-8,10H,9H2,1H3,(H,21,22,24);4-7,10,14H,1-3,8-9H2;6-8H,1-5H3. The Labute approximate surface area is 599 Å². The highest BCUT2D eigenvalue weighted by molar-refractivity contribution is 9.11. The zero-order valence-electron chi connectivity index (χ0n) is 54.5. The number of ether oxygens (including phenoxy) is 2. The van der Waals surface area contributed by atoms with Crippen molar-refractivity contribution >= 4 is 97.3 Å². The second-order valence-corrected chi connectivity index (χ2v) is 30.1. The number of aromatic amines is 1. The van der Waals surface area contributed by atoms with Crippen molar-refractivity contribution in [3.05, 3.63) is 217 Å². The Balaban J connectivity index is 0.000000126. The van der Waals surface area contributed by atoms with Crippen LogP contribution in [0, 0.1) is 20.8 Å². The lowest BCUT2D eigenvalue weighted by atomic mass is 9.79. The molecule has 19 nitrogen and oxygen atoms in total. The van der Waals surface area contributed by atoms with Crippen molar-refractivity contribution in [2.24, 2.45) is 0 Å². The summed E-state index contributed by atoms with van der Waals surface area (Å²) in [6.07, 6.45) is 19.0. The predicted octanol–water partition coefficient (Wildman–Crippen LogP) is 17.1. The fourth-order valence-corrected chi connectivity index (χ4v) is 14.7. The molecule has 498 valence electrons. The van der Waals surface area contributed by atoms with E-state index in [0.717, 1.165) is 169 Å². The second kappa shape index (κ2) is 31.7. The Morgan fingerprint density at radius 1 is 0.526 bits per heavy atom. The summed E-state index contributed by atoms with van der Waals surface area (Å²) in [5.74, 6) is 2.12. The molecular weight excluding hydrogens is 1410 g/mol. The van der Waals surface area contributed by atoms with Gasteiger partial charge < -0.3 is 18.8 Å². The minimum absolute atomic E-state index is 0.00826. The average molecular weight is 1480 g/mol. The number of rotatable bonds is 14. The molecule has 0 amide bonds. The molecule has 12 aromatic rings. The van der Waals surface area contributed by atoms with E-state index in [9.17, 15) is 0 Å². The molecule has 2 unspecified atom stereocenters.